The molecule has 251 valence electrons. The third kappa shape index (κ3) is 6.68. The SMILES string of the molecule is CC=C1CCCC1=CC(C#Cc1sc(/C=C/C)c2c1C(=O)N(CC(C)C)C2=O)=C([C]#[Os])[P+](c1ccccc1)(c1ccccc1)c1ccccc1. The number of hydrogen-bond acceptors (Lipinski definition) is 3. The van der Waals surface area contributed by atoms with Crippen molar-refractivity contribution < 1.29 is 27.5 Å². The van der Waals surface area contributed by atoms with E-state index < -0.39 is 7.26 Å². The van der Waals surface area contributed by atoms with E-state index in [9.17, 15) is 9.59 Å². The van der Waals surface area contributed by atoms with Crippen molar-refractivity contribution >= 4 is 52.4 Å². The fraction of sp³-hybridized carbons (Fsp3) is 0.205. The van der Waals surface area contributed by atoms with Crippen LogP contribution in [-0.2, 0) is 17.9 Å². The van der Waals surface area contributed by atoms with E-state index in [1.807, 2.05) is 32.9 Å². The molecule has 0 saturated heterocycles. The predicted molar refractivity (Wildman–Crippen MR) is 208 cm³/mol. The number of fused-ring (bicyclic) bond motifs is 1. The van der Waals surface area contributed by atoms with Crippen LogP contribution in [0.5, 0.6) is 0 Å². The number of carbonyl (C=O) groups excluding carboxylic acids is 2. The molecule has 1 aliphatic carbocycles. The van der Waals surface area contributed by atoms with Gasteiger partial charge in [-0.05, 0) is 0 Å². The van der Waals surface area contributed by atoms with Crippen molar-refractivity contribution in [1.82, 2.24) is 4.90 Å². The van der Waals surface area contributed by atoms with E-state index in [1.54, 1.807) is 17.9 Å². The Morgan fingerprint density at radius 1 is 0.840 bits per heavy atom. The Morgan fingerprint density at radius 2 is 1.38 bits per heavy atom. The van der Waals surface area contributed by atoms with Crippen LogP contribution in [0.1, 0.15) is 77.4 Å². The van der Waals surface area contributed by atoms with Gasteiger partial charge in [-0.15, -0.1) is 0 Å². The Balaban J connectivity index is 1.70. The van der Waals surface area contributed by atoms with E-state index in [1.165, 1.54) is 43.3 Å². The molecule has 0 atom stereocenters. The molecule has 50 heavy (non-hydrogen) atoms. The van der Waals surface area contributed by atoms with Gasteiger partial charge in [0.05, 0.1) is 0 Å². The fourth-order valence-corrected chi connectivity index (χ4v) is 13.8. The van der Waals surface area contributed by atoms with Gasteiger partial charge in [-0.3, -0.25) is 0 Å². The molecule has 6 heteroatoms. The van der Waals surface area contributed by atoms with Crippen LogP contribution in [0.3, 0.4) is 0 Å². The molecule has 0 bridgehead atoms. The first-order valence-corrected chi connectivity index (χ1v) is 20.9. The zero-order valence-corrected chi connectivity index (χ0v) is 33.1. The summed E-state index contributed by atoms with van der Waals surface area (Å²) in [6.07, 6.45) is 11.5. The van der Waals surface area contributed by atoms with Crippen molar-refractivity contribution in [3.8, 4) is 16.2 Å². The Kier molecular flexibility index (Phi) is 11.3. The first-order valence-electron chi connectivity index (χ1n) is 17.0. The Labute approximate surface area is 310 Å². The normalized spacial score (nSPS) is 16.6. The first kappa shape index (κ1) is 35.7. The van der Waals surface area contributed by atoms with Crippen LogP contribution in [-0.4, -0.2) is 23.3 Å². The second kappa shape index (κ2) is 15.8. The van der Waals surface area contributed by atoms with Crippen LogP contribution in [0.25, 0.3) is 6.08 Å². The molecule has 3 aromatic carbocycles. The van der Waals surface area contributed by atoms with Crippen molar-refractivity contribution in [2.75, 3.05) is 6.54 Å². The molecule has 0 radical (unpaired) electrons. The Hall–Kier alpha value is -4.13. The maximum absolute atomic E-state index is 13.9. The molecule has 6 rings (SSSR count). The number of carbonyl (C=O) groups is 2. The zero-order chi connectivity index (χ0) is 35.3. The van der Waals surface area contributed by atoms with Crippen LogP contribution in [0.4, 0.5) is 0 Å². The van der Waals surface area contributed by atoms with Crippen molar-refractivity contribution in [3.05, 3.63) is 152 Å². The van der Waals surface area contributed by atoms with E-state index in [4.69, 9.17) is 0 Å². The Morgan fingerprint density at radius 3 is 1.88 bits per heavy atom. The number of amides is 2. The van der Waals surface area contributed by atoms with E-state index in [0.717, 1.165) is 35.0 Å². The van der Waals surface area contributed by atoms with E-state index in [0.29, 0.717) is 22.5 Å². The summed E-state index contributed by atoms with van der Waals surface area (Å²) in [7, 11) is -2.52. The van der Waals surface area contributed by atoms with Crippen molar-refractivity contribution in [2.45, 2.75) is 47.0 Å². The van der Waals surface area contributed by atoms with Gasteiger partial charge in [-0.25, -0.2) is 0 Å². The summed E-state index contributed by atoms with van der Waals surface area (Å²) in [5, 5.41) is 4.73. The molecule has 2 aliphatic rings. The van der Waals surface area contributed by atoms with Crippen molar-refractivity contribution in [3.63, 3.8) is 0 Å². The summed E-state index contributed by atoms with van der Waals surface area (Å²) in [6, 6.07) is 32.3. The van der Waals surface area contributed by atoms with Gasteiger partial charge in [-0.2, -0.15) is 0 Å². The van der Waals surface area contributed by atoms with E-state index >= 15 is 0 Å². The fourth-order valence-electron chi connectivity index (χ4n) is 6.94. The van der Waals surface area contributed by atoms with Gasteiger partial charge in [-0.1, -0.05) is 0 Å². The van der Waals surface area contributed by atoms with Gasteiger partial charge < -0.3 is 0 Å². The molecule has 2 heterocycles. The molecule has 0 spiro atoms. The van der Waals surface area contributed by atoms with Gasteiger partial charge >= 0.3 is 313 Å². The van der Waals surface area contributed by atoms with Crippen LogP contribution in [0, 0.1) is 22.1 Å². The Bertz CT molecular complexity index is 2060. The number of rotatable bonds is 8. The van der Waals surface area contributed by atoms with Crippen LogP contribution >= 0.6 is 18.6 Å². The summed E-state index contributed by atoms with van der Waals surface area (Å²) in [5.41, 5.74) is 4.45. The minimum atomic E-state index is -2.52. The average molecular weight is 868 g/mol. The molecule has 0 unspecified atom stereocenters. The third-order valence-corrected chi connectivity index (χ3v) is 15.6. The van der Waals surface area contributed by atoms with E-state index in [-0.39, 0.29) is 17.7 Å². The van der Waals surface area contributed by atoms with Gasteiger partial charge in [0.1, 0.15) is 0 Å². The van der Waals surface area contributed by atoms with Crippen LogP contribution in [0.15, 0.2) is 131 Å². The van der Waals surface area contributed by atoms with Crippen LogP contribution in [0.2, 0.25) is 0 Å². The maximum atomic E-state index is 13.9. The average Bonchev–Trinajstić information content (AvgIpc) is 3.82. The van der Waals surface area contributed by atoms with Crippen molar-refractivity contribution in [2.24, 2.45) is 5.92 Å². The topological polar surface area (TPSA) is 37.4 Å². The van der Waals surface area contributed by atoms with Gasteiger partial charge in [0.15, 0.2) is 0 Å². The molecule has 2 amide bonds. The van der Waals surface area contributed by atoms with Gasteiger partial charge in [0.25, 0.3) is 0 Å². The summed E-state index contributed by atoms with van der Waals surface area (Å²) in [4.78, 5) is 30.3. The number of thiophene rings is 1. The molecule has 1 saturated carbocycles. The van der Waals surface area contributed by atoms with Gasteiger partial charge in [0.2, 0.25) is 0 Å². The molecule has 3 nitrogen and oxygen atoms in total. The number of hydrogen-bond donors (Lipinski definition) is 0. The molecular weight excluding hydrogens is 828 g/mol. The summed E-state index contributed by atoms with van der Waals surface area (Å²) in [6.45, 7) is 8.47. The molecule has 4 aromatic rings. The zero-order valence-electron chi connectivity index (χ0n) is 28.8. The third-order valence-electron chi connectivity index (χ3n) is 9.11. The molecular formula is C44H40NO2OsPS+. The molecule has 1 fully saturated rings. The quantitative estimate of drug-likeness (QED) is 0.101. The minimum absolute atomic E-state index is 0.161. The predicted octanol–water partition coefficient (Wildman–Crippen LogP) is 9.20. The second-order valence-corrected chi connectivity index (χ2v) is 17.8. The number of imide groups is 1. The van der Waals surface area contributed by atoms with E-state index in [2.05, 4.69) is 126 Å². The standard InChI is InChI=1S/C44H40NO2PS.Os/c1-6-18-39-41-42(44(47)45(43(41)46)30-31(3)4)40(49-39)28-27-34(29-35-20-17-19-33(35)7-2)32(5)48(36-21-11-8-12-22-36,37-23-13-9-14-24-37)38-25-15-10-16-26-38;/h6-16,18,21-26,29,31H,17,19-20,30H2,1-4H3;/q+1;/b18-6+,33-7?,34-32?,35-29?;. The summed E-state index contributed by atoms with van der Waals surface area (Å²) >= 11 is 3.17. The number of nitrogens with zero attached hydrogens (tertiary/aromatic N) is 1. The summed E-state index contributed by atoms with van der Waals surface area (Å²) in [5.74, 6) is 6.83. The number of benzene rings is 3. The number of allylic oxidation sites excluding steroid dienone is 7. The molecule has 0 N–H and O–H groups in total. The second-order valence-electron chi connectivity index (χ2n) is 12.8. The monoisotopic (exact) mass is 869 g/mol. The van der Waals surface area contributed by atoms with Crippen LogP contribution < -0.4 is 15.9 Å². The molecule has 1 aromatic heterocycles. The molecule has 1 aliphatic heterocycles. The summed E-state index contributed by atoms with van der Waals surface area (Å²) < 4.78 is 3.76. The van der Waals surface area contributed by atoms with Crippen molar-refractivity contribution in [1.29, 1.82) is 0 Å². The first-order chi connectivity index (χ1) is 24.3. The van der Waals surface area contributed by atoms with Gasteiger partial charge in [0, 0.05) is 0 Å².